The molecule has 0 radical (unpaired) electrons. The van der Waals surface area contributed by atoms with Crippen molar-refractivity contribution in [2.45, 2.75) is 52.0 Å². The van der Waals surface area contributed by atoms with E-state index in [0.29, 0.717) is 37.0 Å². The molecule has 0 aliphatic carbocycles. The number of hydrogen-bond acceptors (Lipinski definition) is 4. The third-order valence-electron chi connectivity index (χ3n) is 7.55. The van der Waals surface area contributed by atoms with Crippen molar-refractivity contribution in [1.29, 1.82) is 0 Å². The Hall–Kier alpha value is -3.02. The van der Waals surface area contributed by atoms with E-state index in [4.69, 9.17) is 9.47 Å². The van der Waals surface area contributed by atoms with Crippen LogP contribution in [0.15, 0.2) is 36.4 Å². The molecular formula is C28H34N2O4. The van der Waals surface area contributed by atoms with E-state index >= 15 is 0 Å². The second-order valence-corrected chi connectivity index (χ2v) is 9.63. The summed E-state index contributed by atoms with van der Waals surface area (Å²) < 4.78 is 11.8. The average Bonchev–Trinajstić information content (AvgIpc) is 2.85. The number of amides is 2. The molecule has 1 saturated heterocycles. The Balaban J connectivity index is 1.63. The van der Waals surface area contributed by atoms with Gasteiger partial charge in [0.05, 0.1) is 25.2 Å². The molecule has 0 unspecified atom stereocenters. The molecule has 2 aromatic carbocycles. The number of benzene rings is 2. The Labute approximate surface area is 201 Å². The fraction of sp³-hybridized carbons (Fsp3) is 0.500. The standard InChI is InChI=1S/C28H34N2O4/c1-4-33-23-16-19-12-15-30-26(22(19)17-24(23)34-5-2)25(20-8-6-7-9-21(20)27(30)31)28(32)29-13-10-18(3)11-14-29/h6-9,16-18,25-26H,4-5,10-15H2,1-3H3/t25-,26+/m1/s1. The molecule has 0 N–H and O–H groups in total. The van der Waals surface area contributed by atoms with Gasteiger partial charge >= 0.3 is 0 Å². The van der Waals surface area contributed by atoms with E-state index in [1.807, 2.05) is 54.0 Å². The normalized spacial score (nSPS) is 22.0. The highest BCUT2D eigenvalue weighted by molar-refractivity contribution is 6.01. The third-order valence-corrected chi connectivity index (χ3v) is 7.55. The maximum atomic E-state index is 14.1. The number of fused-ring (bicyclic) bond motifs is 4. The summed E-state index contributed by atoms with van der Waals surface area (Å²) in [4.78, 5) is 31.6. The molecule has 0 spiro atoms. The van der Waals surface area contributed by atoms with Crippen LogP contribution in [0.5, 0.6) is 11.5 Å². The first-order valence-corrected chi connectivity index (χ1v) is 12.6. The number of rotatable bonds is 5. The van der Waals surface area contributed by atoms with Crippen molar-refractivity contribution in [2.24, 2.45) is 5.92 Å². The van der Waals surface area contributed by atoms with Crippen LogP contribution in [0.25, 0.3) is 0 Å². The maximum Gasteiger partial charge on any atom is 0.254 e. The number of ether oxygens (including phenoxy) is 2. The number of piperidine rings is 1. The van der Waals surface area contributed by atoms with Gasteiger partial charge in [-0.3, -0.25) is 9.59 Å². The van der Waals surface area contributed by atoms with Gasteiger partial charge in [0.1, 0.15) is 0 Å². The van der Waals surface area contributed by atoms with Gasteiger partial charge in [-0.1, -0.05) is 25.1 Å². The Kier molecular flexibility index (Phi) is 6.24. The lowest BCUT2D eigenvalue weighted by Gasteiger charge is -2.47. The molecule has 180 valence electrons. The zero-order valence-electron chi connectivity index (χ0n) is 20.4. The fourth-order valence-corrected chi connectivity index (χ4v) is 5.76. The van der Waals surface area contributed by atoms with Gasteiger partial charge in [0.15, 0.2) is 11.5 Å². The molecule has 3 aliphatic heterocycles. The van der Waals surface area contributed by atoms with Crippen molar-refractivity contribution in [1.82, 2.24) is 9.80 Å². The van der Waals surface area contributed by atoms with Gasteiger partial charge in [-0.15, -0.1) is 0 Å². The molecule has 6 nitrogen and oxygen atoms in total. The molecule has 5 rings (SSSR count). The van der Waals surface area contributed by atoms with Crippen LogP contribution in [0.2, 0.25) is 0 Å². The zero-order chi connectivity index (χ0) is 23.8. The van der Waals surface area contributed by atoms with E-state index in [0.717, 1.165) is 54.8 Å². The van der Waals surface area contributed by atoms with E-state index in [2.05, 4.69) is 13.0 Å². The van der Waals surface area contributed by atoms with Crippen LogP contribution in [-0.2, 0) is 11.2 Å². The van der Waals surface area contributed by atoms with Gasteiger partial charge < -0.3 is 19.3 Å². The number of carbonyl (C=O) groups excluding carboxylic acids is 2. The molecule has 34 heavy (non-hydrogen) atoms. The fourth-order valence-electron chi connectivity index (χ4n) is 5.76. The Morgan fingerprint density at radius 3 is 2.35 bits per heavy atom. The van der Waals surface area contributed by atoms with Crippen molar-refractivity contribution in [3.63, 3.8) is 0 Å². The highest BCUT2D eigenvalue weighted by Gasteiger charge is 2.48. The van der Waals surface area contributed by atoms with Crippen LogP contribution in [0, 0.1) is 5.92 Å². The molecule has 2 atom stereocenters. The molecule has 2 amide bonds. The summed E-state index contributed by atoms with van der Waals surface area (Å²) in [6, 6.07) is 11.4. The molecule has 3 heterocycles. The van der Waals surface area contributed by atoms with Gasteiger partial charge in [0.2, 0.25) is 5.91 Å². The monoisotopic (exact) mass is 462 g/mol. The van der Waals surface area contributed by atoms with Crippen molar-refractivity contribution in [3.8, 4) is 11.5 Å². The first kappa shape index (κ1) is 22.8. The lowest BCUT2D eigenvalue weighted by atomic mass is 9.75. The summed E-state index contributed by atoms with van der Waals surface area (Å²) in [7, 11) is 0. The molecule has 0 aromatic heterocycles. The van der Waals surface area contributed by atoms with Gasteiger partial charge in [0.25, 0.3) is 5.91 Å². The van der Waals surface area contributed by atoms with Crippen LogP contribution < -0.4 is 9.47 Å². The summed E-state index contributed by atoms with van der Waals surface area (Å²) >= 11 is 0. The smallest absolute Gasteiger partial charge is 0.254 e. The quantitative estimate of drug-likeness (QED) is 0.653. The average molecular weight is 463 g/mol. The van der Waals surface area contributed by atoms with Crippen LogP contribution in [0.4, 0.5) is 0 Å². The zero-order valence-corrected chi connectivity index (χ0v) is 20.4. The number of carbonyl (C=O) groups is 2. The molecule has 0 bridgehead atoms. The topological polar surface area (TPSA) is 59.1 Å². The highest BCUT2D eigenvalue weighted by atomic mass is 16.5. The molecular weight excluding hydrogens is 428 g/mol. The third kappa shape index (κ3) is 3.83. The van der Waals surface area contributed by atoms with Crippen LogP contribution in [-0.4, -0.2) is 54.5 Å². The molecule has 1 fully saturated rings. The van der Waals surface area contributed by atoms with Crippen molar-refractivity contribution in [3.05, 3.63) is 58.7 Å². The second-order valence-electron chi connectivity index (χ2n) is 9.63. The van der Waals surface area contributed by atoms with Crippen LogP contribution >= 0.6 is 0 Å². The van der Waals surface area contributed by atoms with E-state index in [9.17, 15) is 9.59 Å². The number of likely N-dealkylation sites (tertiary alicyclic amines) is 1. The SMILES string of the molecule is CCOc1cc2c(cc1OCC)[C@H]1[C@H](C(=O)N3CCC(C)CC3)c3ccccc3C(=O)N1CC2. The minimum atomic E-state index is -0.422. The summed E-state index contributed by atoms with van der Waals surface area (Å²) in [5.74, 6) is 1.76. The lowest BCUT2D eigenvalue weighted by molar-refractivity contribution is -0.136. The van der Waals surface area contributed by atoms with Crippen LogP contribution in [0.1, 0.15) is 72.6 Å². The first-order valence-electron chi connectivity index (χ1n) is 12.6. The summed E-state index contributed by atoms with van der Waals surface area (Å²) in [5, 5.41) is 0. The largest absolute Gasteiger partial charge is 0.490 e. The van der Waals surface area contributed by atoms with Crippen molar-refractivity contribution in [2.75, 3.05) is 32.8 Å². The predicted octanol–water partition coefficient (Wildman–Crippen LogP) is 4.58. The van der Waals surface area contributed by atoms with Crippen LogP contribution in [0.3, 0.4) is 0 Å². The van der Waals surface area contributed by atoms with Gasteiger partial charge in [-0.05, 0) is 73.9 Å². The molecule has 2 aromatic rings. The Morgan fingerprint density at radius 2 is 1.65 bits per heavy atom. The van der Waals surface area contributed by atoms with E-state index in [1.165, 1.54) is 0 Å². The number of nitrogens with zero attached hydrogens (tertiary/aromatic N) is 2. The summed E-state index contributed by atoms with van der Waals surface area (Å²) in [6.07, 6.45) is 2.78. The summed E-state index contributed by atoms with van der Waals surface area (Å²) in [5.41, 5.74) is 3.63. The van der Waals surface area contributed by atoms with E-state index < -0.39 is 5.92 Å². The number of hydrogen-bond donors (Lipinski definition) is 0. The molecule has 6 heteroatoms. The van der Waals surface area contributed by atoms with E-state index in [-0.39, 0.29) is 17.9 Å². The minimum Gasteiger partial charge on any atom is -0.490 e. The van der Waals surface area contributed by atoms with Gasteiger partial charge in [-0.2, -0.15) is 0 Å². The highest BCUT2D eigenvalue weighted by Crippen LogP contribution is 2.49. The van der Waals surface area contributed by atoms with Crippen molar-refractivity contribution < 1.29 is 19.1 Å². The summed E-state index contributed by atoms with van der Waals surface area (Å²) in [6.45, 7) is 9.37. The molecule has 0 saturated carbocycles. The molecule has 3 aliphatic rings. The van der Waals surface area contributed by atoms with Gasteiger partial charge in [0, 0.05) is 25.2 Å². The minimum absolute atomic E-state index is 0.00871. The van der Waals surface area contributed by atoms with E-state index in [1.54, 1.807) is 0 Å². The predicted molar refractivity (Wildman–Crippen MR) is 130 cm³/mol. The lowest BCUT2D eigenvalue weighted by Crippen LogP contribution is -2.51. The maximum absolute atomic E-state index is 14.1. The second kappa shape index (κ2) is 9.32. The van der Waals surface area contributed by atoms with Gasteiger partial charge in [-0.25, -0.2) is 0 Å². The van der Waals surface area contributed by atoms with Crippen molar-refractivity contribution >= 4 is 11.8 Å². The Bertz CT molecular complexity index is 1090. The first-order chi connectivity index (χ1) is 16.5. The Morgan fingerprint density at radius 1 is 0.971 bits per heavy atom.